The van der Waals surface area contributed by atoms with Gasteiger partial charge in [0.25, 0.3) is 0 Å². The van der Waals surface area contributed by atoms with Crippen molar-refractivity contribution in [2.75, 3.05) is 0 Å². The molecule has 0 radical (unpaired) electrons. The Morgan fingerprint density at radius 1 is 1.12 bits per heavy atom. The minimum absolute atomic E-state index is 0.357. The molecule has 0 aliphatic rings. The quantitative estimate of drug-likeness (QED) is 0.373. The fourth-order valence-electron chi connectivity index (χ4n) is 0.321. The molecule has 0 spiro atoms. The molecular weight excluding hydrogens is 504 g/mol. The average Bonchev–Trinajstić information content (AvgIpc) is 2.17. The van der Waals surface area contributed by atoms with Crippen molar-refractivity contribution in [1.29, 1.82) is 0 Å². The molecule has 0 aliphatic heterocycles. The first-order valence-electron chi connectivity index (χ1n) is 1.93. The molecule has 48 valence electrons. The average molecular weight is 509 g/mol. The van der Waals surface area contributed by atoms with Crippen LogP contribution in [0, 0.1) is 0 Å². The van der Waals surface area contributed by atoms with E-state index in [-0.39, 0.29) is 0 Å². The van der Waals surface area contributed by atoms with Gasteiger partial charge >= 0.3 is 49.7 Å². The van der Waals surface area contributed by atoms with Gasteiger partial charge in [0.2, 0.25) is 0 Å². The molecule has 0 nitrogen and oxygen atoms in total. The summed E-state index contributed by atoms with van der Waals surface area (Å²) >= 11 is 4.83. The van der Waals surface area contributed by atoms with Crippen molar-refractivity contribution in [1.82, 2.24) is 0 Å². The predicted molar refractivity (Wildman–Crippen MR) is 50.1 cm³/mol. The summed E-state index contributed by atoms with van der Waals surface area (Å²) in [5, 5.41) is 0. The Bertz CT molecular complexity index is 77.3. The van der Waals surface area contributed by atoms with Crippen LogP contribution in [0.2, 0.25) is 0 Å². The van der Waals surface area contributed by atoms with Crippen LogP contribution in [0.5, 0.6) is 0 Å². The van der Waals surface area contributed by atoms with E-state index in [1.807, 2.05) is 30.3 Å². The van der Waals surface area contributed by atoms with Gasteiger partial charge in [-0.1, -0.05) is 0 Å². The molecule has 0 N–H and O–H groups in total. The fourth-order valence-corrected chi connectivity index (χ4v) is 0.321. The van der Waals surface area contributed by atoms with Gasteiger partial charge in [0.1, 0.15) is 0 Å². The Balaban J connectivity index is 0.000000145. The van der Waals surface area contributed by atoms with Crippen LogP contribution in [0.3, 0.4) is 0 Å². The number of hydrogen-bond acceptors (Lipinski definition) is 0. The summed E-state index contributed by atoms with van der Waals surface area (Å²) in [5.74, 6) is 0. The van der Waals surface area contributed by atoms with Gasteiger partial charge in [0, 0.05) is 0 Å². The van der Waals surface area contributed by atoms with Crippen LogP contribution in [0.1, 0.15) is 0 Å². The first kappa shape index (κ1) is 9.45. The molecule has 0 amide bonds. The van der Waals surface area contributed by atoms with E-state index >= 15 is 0 Å². The van der Waals surface area contributed by atoms with Crippen molar-refractivity contribution in [3.8, 4) is 0 Å². The van der Waals surface area contributed by atoms with Crippen molar-refractivity contribution in [2.45, 2.75) is 0 Å². The van der Waals surface area contributed by atoms with E-state index < -0.39 is 0 Å². The zero-order valence-electron chi connectivity index (χ0n) is 4.00. The molecule has 8 heavy (non-hydrogen) atoms. The molecular formula is C5H5I2Os-. The number of halogens is 2. The van der Waals surface area contributed by atoms with Crippen LogP contribution in [0.25, 0.3) is 0 Å². The van der Waals surface area contributed by atoms with Gasteiger partial charge in [-0.15, -0.1) is 0 Å². The van der Waals surface area contributed by atoms with Gasteiger partial charge in [0.05, 0.1) is 0 Å². The van der Waals surface area contributed by atoms with Crippen LogP contribution >= 0.6 is 39.3 Å². The van der Waals surface area contributed by atoms with Crippen LogP contribution < -0.4 is 0 Å². The molecule has 1 aromatic carbocycles. The SMILES string of the molecule is [I][Os][I].c1cc[cH-]c1. The molecule has 0 unspecified atom stereocenters. The van der Waals surface area contributed by atoms with Gasteiger partial charge in [-0.05, 0) is 0 Å². The molecule has 0 fully saturated rings. The summed E-state index contributed by atoms with van der Waals surface area (Å²) in [6, 6.07) is 10.0. The molecule has 0 saturated carbocycles. The van der Waals surface area contributed by atoms with Crippen LogP contribution in [0.4, 0.5) is 0 Å². The van der Waals surface area contributed by atoms with Gasteiger partial charge < -0.3 is 0 Å². The first-order chi connectivity index (χ1) is 3.91. The third-order valence-electron chi connectivity index (χ3n) is 0.556. The topological polar surface area (TPSA) is 0 Å². The van der Waals surface area contributed by atoms with E-state index in [2.05, 4.69) is 39.3 Å². The number of rotatable bonds is 0. The summed E-state index contributed by atoms with van der Waals surface area (Å²) in [7, 11) is 0.357. The van der Waals surface area contributed by atoms with Gasteiger partial charge in [-0.3, -0.25) is 0 Å². The molecule has 0 atom stereocenters. The van der Waals surface area contributed by atoms with E-state index in [9.17, 15) is 0 Å². The Labute approximate surface area is 78.8 Å². The molecule has 0 aromatic heterocycles. The van der Waals surface area contributed by atoms with Crippen molar-refractivity contribution in [2.24, 2.45) is 0 Å². The zero-order chi connectivity index (χ0) is 6.24. The van der Waals surface area contributed by atoms with Crippen LogP contribution in [-0.4, -0.2) is 0 Å². The minimum atomic E-state index is 0.357. The summed E-state index contributed by atoms with van der Waals surface area (Å²) < 4.78 is 0. The maximum absolute atomic E-state index is 2.41. The van der Waals surface area contributed by atoms with E-state index in [0.29, 0.717) is 10.3 Å². The molecule has 0 saturated heterocycles. The Hall–Kier alpha value is 1.45. The van der Waals surface area contributed by atoms with Crippen molar-refractivity contribution in [3.63, 3.8) is 0 Å². The maximum atomic E-state index is 2.41. The Kier molecular flexibility index (Phi) is 9.97. The monoisotopic (exact) mass is 511 g/mol. The largest absolute Gasteiger partial charge is 0.214 e. The van der Waals surface area contributed by atoms with E-state index in [0.717, 1.165) is 0 Å². The van der Waals surface area contributed by atoms with Crippen LogP contribution in [0.15, 0.2) is 30.3 Å². The maximum Gasteiger partial charge on any atom is -0.172 e. The Morgan fingerprint density at radius 2 is 1.50 bits per heavy atom. The first-order valence-corrected chi connectivity index (χ1v) is 16.3. The minimum Gasteiger partial charge on any atom is -0.214 e. The summed E-state index contributed by atoms with van der Waals surface area (Å²) in [6.07, 6.45) is 0. The van der Waals surface area contributed by atoms with Gasteiger partial charge in [-0.2, -0.15) is 18.2 Å². The van der Waals surface area contributed by atoms with Crippen molar-refractivity contribution < 1.29 is 10.3 Å². The van der Waals surface area contributed by atoms with Crippen molar-refractivity contribution in [3.05, 3.63) is 30.3 Å². The molecule has 3 heteroatoms. The normalized spacial score (nSPS) is 7.75. The van der Waals surface area contributed by atoms with Crippen LogP contribution in [-0.2, 0) is 10.3 Å². The second-order valence-electron chi connectivity index (χ2n) is 1.01. The molecule has 0 heterocycles. The molecule has 1 aromatic rings. The summed E-state index contributed by atoms with van der Waals surface area (Å²) in [4.78, 5) is 0. The molecule has 1 rings (SSSR count). The molecule has 0 aliphatic carbocycles. The third kappa shape index (κ3) is 7.45. The van der Waals surface area contributed by atoms with Gasteiger partial charge in [0.15, 0.2) is 0 Å². The number of hydrogen-bond donors (Lipinski definition) is 0. The standard InChI is InChI=1S/C5H5.2HI.Os/c1-2-4-5-3-1;;;/h1-5H;2*1H;/q-1;;;+2/p-2. The third-order valence-corrected chi connectivity index (χ3v) is 0.556. The van der Waals surface area contributed by atoms with Gasteiger partial charge in [-0.25, -0.2) is 12.1 Å². The Morgan fingerprint density at radius 3 is 1.62 bits per heavy atom. The zero-order valence-corrected chi connectivity index (χ0v) is 10.9. The summed E-state index contributed by atoms with van der Waals surface area (Å²) in [6.45, 7) is 0. The predicted octanol–water partition coefficient (Wildman–Crippen LogP) is 3.17. The second-order valence-corrected chi connectivity index (χ2v) is 19.6. The summed E-state index contributed by atoms with van der Waals surface area (Å²) in [5.41, 5.74) is 0. The van der Waals surface area contributed by atoms with E-state index in [4.69, 9.17) is 0 Å². The second kappa shape index (κ2) is 8.45. The van der Waals surface area contributed by atoms with E-state index in [1.54, 1.807) is 0 Å². The fraction of sp³-hybridized carbons (Fsp3) is 0. The molecule has 0 bridgehead atoms. The van der Waals surface area contributed by atoms with E-state index in [1.165, 1.54) is 0 Å². The van der Waals surface area contributed by atoms with Crippen molar-refractivity contribution >= 4 is 39.3 Å². The smallest absolute Gasteiger partial charge is 0.172 e.